The van der Waals surface area contributed by atoms with Crippen LogP contribution in [-0.2, 0) is 16.0 Å². The minimum absolute atomic E-state index is 0.111. The summed E-state index contributed by atoms with van der Waals surface area (Å²) < 4.78 is 5.70. The smallest absolute Gasteiger partial charge is 0.229 e. The van der Waals surface area contributed by atoms with Gasteiger partial charge in [-0.2, -0.15) is 0 Å². The highest BCUT2D eigenvalue weighted by molar-refractivity contribution is 5.80. The standard InChI is InChI=1S/C17H23NO2/c1-13(20-17(2,3)4)18-12-15(11-16(18)19)10-14-8-6-5-7-9-14/h5-9,15H,1,10-12H2,2-4H3/t15-/m1/s1. The summed E-state index contributed by atoms with van der Waals surface area (Å²) in [5.74, 6) is 0.920. The van der Waals surface area contributed by atoms with Crippen molar-refractivity contribution in [3.8, 4) is 0 Å². The lowest BCUT2D eigenvalue weighted by molar-refractivity contribution is -0.129. The number of rotatable bonds is 4. The van der Waals surface area contributed by atoms with E-state index in [1.807, 2.05) is 39.0 Å². The number of benzene rings is 1. The van der Waals surface area contributed by atoms with Crippen LogP contribution in [0.1, 0.15) is 32.8 Å². The van der Waals surface area contributed by atoms with Gasteiger partial charge in [-0.25, -0.2) is 0 Å². The zero-order valence-electron chi connectivity index (χ0n) is 12.6. The third-order valence-electron chi connectivity index (χ3n) is 3.30. The number of nitrogens with zero attached hydrogens (tertiary/aromatic N) is 1. The number of carbonyl (C=O) groups excluding carboxylic acids is 1. The van der Waals surface area contributed by atoms with Crippen LogP contribution in [0.4, 0.5) is 0 Å². The summed E-state index contributed by atoms with van der Waals surface area (Å²) in [5.41, 5.74) is 0.948. The lowest BCUT2D eigenvalue weighted by Crippen LogP contribution is -2.30. The largest absolute Gasteiger partial charge is 0.473 e. The molecule has 1 heterocycles. The topological polar surface area (TPSA) is 29.5 Å². The van der Waals surface area contributed by atoms with Crippen LogP contribution < -0.4 is 0 Å². The molecule has 0 unspecified atom stereocenters. The second kappa shape index (κ2) is 5.70. The normalized spacial score (nSPS) is 19.2. The summed E-state index contributed by atoms with van der Waals surface area (Å²) in [5, 5.41) is 0. The van der Waals surface area contributed by atoms with E-state index in [0.717, 1.165) is 6.42 Å². The Kier molecular flexibility index (Phi) is 4.17. The molecule has 1 aliphatic rings. The summed E-state index contributed by atoms with van der Waals surface area (Å²) in [4.78, 5) is 13.8. The predicted octanol–water partition coefficient (Wildman–Crippen LogP) is 3.36. The molecule has 3 heteroatoms. The van der Waals surface area contributed by atoms with E-state index in [-0.39, 0.29) is 11.5 Å². The molecule has 1 aliphatic heterocycles. The van der Waals surface area contributed by atoms with Gasteiger partial charge in [0.2, 0.25) is 5.91 Å². The van der Waals surface area contributed by atoms with Gasteiger partial charge in [-0.1, -0.05) is 30.3 Å². The second-order valence-electron chi connectivity index (χ2n) is 6.37. The van der Waals surface area contributed by atoms with Crippen LogP contribution in [0.25, 0.3) is 0 Å². The molecule has 0 aliphatic carbocycles. The molecule has 0 N–H and O–H groups in total. The van der Waals surface area contributed by atoms with Gasteiger partial charge in [-0.3, -0.25) is 9.69 Å². The summed E-state index contributed by atoms with van der Waals surface area (Å²) in [6, 6.07) is 10.3. The summed E-state index contributed by atoms with van der Waals surface area (Å²) >= 11 is 0. The fourth-order valence-electron chi connectivity index (χ4n) is 2.52. The van der Waals surface area contributed by atoms with E-state index in [4.69, 9.17) is 4.74 Å². The average Bonchev–Trinajstić information content (AvgIpc) is 2.69. The molecule has 0 saturated carbocycles. The van der Waals surface area contributed by atoms with Gasteiger partial charge in [0.05, 0.1) is 0 Å². The van der Waals surface area contributed by atoms with E-state index in [1.165, 1.54) is 5.56 Å². The second-order valence-corrected chi connectivity index (χ2v) is 6.37. The first kappa shape index (κ1) is 14.6. The first-order chi connectivity index (χ1) is 9.35. The van der Waals surface area contributed by atoms with Crippen LogP contribution in [0, 0.1) is 5.92 Å². The van der Waals surface area contributed by atoms with Gasteiger partial charge in [0, 0.05) is 13.0 Å². The SMILES string of the molecule is C=C(OC(C)(C)C)N1C[C@H](Cc2ccccc2)CC1=O. The van der Waals surface area contributed by atoms with Crippen molar-refractivity contribution < 1.29 is 9.53 Å². The Bertz CT molecular complexity index is 487. The van der Waals surface area contributed by atoms with Crippen molar-refractivity contribution >= 4 is 5.91 Å². The van der Waals surface area contributed by atoms with Crippen molar-refractivity contribution in [2.75, 3.05) is 6.54 Å². The van der Waals surface area contributed by atoms with Crippen molar-refractivity contribution in [1.82, 2.24) is 4.90 Å². The maximum absolute atomic E-state index is 12.1. The van der Waals surface area contributed by atoms with Gasteiger partial charge in [0.15, 0.2) is 5.88 Å². The first-order valence-corrected chi connectivity index (χ1v) is 7.07. The summed E-state index contributed by atoms with van der Waals surface area (Å²) in [6.07, 6.45) is 1.49. The Morgan fingerprint density at radius 1 is 1.35 bits per heavy atom. The zero-order chi connectivity index (χ0) is 14.8. The molecule has 0 spiro atoms. The van der Waals surface area contributed by atoms with Crippen LogP contribution in [0.2, 0.25) is 0 Å². The van der Waals surface area contributed by atoms with E-state index in [0.29, 0.717) is 24.8 Å². The van der Waals surface area contributed by atoms with Crippen LogP contribution in [0.3, 0.4) is 0 Å². The molecule has 1 fully saturated rings. The minimum Gasteiger partial charge on any atom is -0.473 e. The molecule has 2 rings (SSSR count). The molecule has 3 nitrogen and oxygen atoms in total. The van der Waals surface area contributed by atoms with E-state index in [1.54, 1.807) is 4.90 Å². The van der Waals surface area contributed by atoms with Crippen LogP contribution in [-0.4, -0.2) is 23.0 Å². The molecular weight excluding hydrogens is 250 g/mol. The molecule has 1 aromatic carbocycles. The number of hydrogen-bond acceptors (Lipinski definition) is 2. The third kappa shape index (κ3) is 3.86. The number of likely N-dealkylation sites (tertiary alicyclic amines) is 1. The summed E-state index contributed by atoms with van der Waals surface area (Å²) in [6.45, 7) is 10.5. The predicted molar refractivity (Wildman–Crippen MR) is 79.9 cm³/mol. The minimum atomic E-state index is -0.325. The maximum Gasteiger partial charge on any atom is 0.229 e. The Morgan fingerprint density at radius 2 is 2.00 bits per heavy atom. The van der Waals surface area contributed by atoms with Gasteiger partial charge in [0.1, 0.15) is 5.60 Å². The molecule has 1 saturated heterocycles. The maximum atomic E-state index is 12.1. The fraction of sp³-hybridized carbons (Fsp3) is 0.471. The molecule has 1 atom stereocenters. The van der Waals surface area contributed by atoms with Crippen LogP contribution in [0.5, 0.6) is 0 Å². The van der Waals surface area contributed by atoms with Gasteiger partial charge in [0.25, 0.3) is 0 Å². The van der Waals surface area contributed by atoms with Gasteiger partial charge < -0.3 is 4.74 Å². The van der Waals surface area contributed by atoms with Crippen molar-refractivity contribution in [3.05, 3.63) is 48.4 Å². The molecule has 108 valence electrons. The highest BCUT2D eigenvalue weighted by atomic mass is 16.5. The zero-order valence-corrected chi connectivity index (χ0v) is 12.6. The molecule has 20 heavy (non-hydrogen) atoms. The van der Waals surface area contributed by atoms with Crippen LogP contribution in [0.15, 0.2) is 42.8 Å². The quantitative estimate of drug-likeness (QED) is 0.787. The van der Waals surface area contributed by atoms with Crippen molar-refractivity contribution in [2.45, 2.75) is 39.2 Å². The average molecular weight is 273 g/mol. The van der Waals surface area contributed by atoms with Gasteiger partial charge >= 0.3 is 0 Å². The lowest BCUT2D eigenvalue weighted by atomic mass is 9.99. The fourth-order valence-corrected chi connectivity index (χ4v) is 2.52. The Morgan fingerprint density at radius 3 is 2.60 bits per heavy atom. The lowest BCUT2D eigenvalue weighted by Gasteiger charge is -2.27. The van der Waals surface area contributed by atoms with E-state index in [2.05, 4.69) is 18.7 Å². The number of amides is 1. The molecular formula is C17H23NO2. The number of hydrogen-bond donors (Lipinski definition) is 0. The van der Waals surface area contributed by atoms with Crippen LogP contribution >= 0.6 is 0 Å². The molecule has 0 aromatic heterocycles. The highest BCUT2D eigenvalue weighted by Crippen LogP contribution is 2.26. The van der Waals surface area contributed by atoms with Gasteiger partial charge in [-0.05, 0) is 45.3 Å². The van der Waals surface area contributed by atoms with E-state index < -0.39 is 0 Å². The van der Waals surface area contributed by atoms with Gasteiger partial charge in [-0.15, -0.1) is 0 Å². The molecule has 1 amide bonds. The Labute approximate surface area is 121 Å². The Balaban J connectivity index is 1.95. The molecule has 1 aromatic rings. The number of ether oxygens (including phenoxy) is 1. The van der Waals surface area contributed by atoms with Crippen molar-refractivity contribution in [1.29, 1.82) is 0 Å². The monoisotopic (exact) mass is 273 g/mol. The third-order valence-corrected chi connectivity index (χ3v) is 3.30. The molecule has 0 radical (unpaired) electrons. The van der Waals surface area contributed by atoms with Crippen molar-refractivity contribution in [3.63, 3.8) is 0 Å². The summed E-state index contributed by atoms with van der Waals surface area (Å²) in [7, 11) is 0. The van der Waals surface area contributed by atoms with E-state index in [9.17, 15) is 4.79 Å². The number of carbonyl (C=O) groups is 1. The van der Waals surface area contributed by atoms with E-state index >= 15 is 0 Å². The molecule has 0 bridgehead atoms. The Hall–Kier alpha value is -1.77. The first-order valence-electron chi connectivity index (χ1n) is 7.07. The highest BCUT2D eigenvalue weighted by Gasteiger charge is 2.33. The van der Waals surface area contributed by atoms with Crippen molar-refractivity contribution in [2.24, 2.45) is 5.92 Å².